The molecule has 0 aliphatic heterocycles. The van der Waals surface area contributed by atoms with E-state index in [1.165, 1.54) is 193 Å². The number of ether oxygens (including phenoxy) is 3. The maximum absolute atomic E-state index is 12.9. The van der Waals surface area contributed by atoms with Gasteiger partial charge >= 0.3 is 17.9 Å². The summed E-state index contributed by atoms with van der Waals surface area (Å²) in [5, 5.41) is 0. The first-order valence-electron chi connectivity index (χ1n) is 31.3. The molecule has 6 heteroatoms. The van der Waals surface area contributed by atoms with Crippen molar-refractivity contribution in [1.82, 2.24) is 0 Å². The minimum Gasteiger partial charge on any atom is -0.462 e. The summed E-state index contributed by atoms with van der Waals surface area (Å²) >= 11 is 0. The number of allylic oxidation sites excluding steroid dienone is 10. The van der Waals surface area contributed by atoms with E-state index in [4.69, 9.17) is 14.2 Å². The molecule has 0 saturated carbocycles. The van der Waals surface area contributed by atoms with Crippen LogP contribution < -0.4 is 0 Å². The number of carbonyl (C=O) groups excluding carboxylic acids is 3. The first kappa shape index (κ1) is 69.1. The van der Waals surface area contributed by atoms with Crippen molar-refractivity contribution in [2.24, 2.45) is 0 Å². The van der Waals surface area contributed by atoms with E-state index in [0.29, 0.717) is 19.3 Å². The van der Waals surface area contributed by atoms with Crippen molar-refractivity contribution in [1.29, 1.82) is 0 Å². The zero-order chi connectivity index (χ0) is 52.2. The molecule has 6 nitrogen and oxygen atoms in total. The first-order chi connectivity index (χ1) is 35.5. The van der Waals surface area contributed by atoms with Gasteiger partial charge < -0.3 is 14.2 Å². The Morgan fingerprint density at radius 1 is 0.292 bits per heavy atom. The Hall–Kier alpha value is -2.89. The van der Waals surface area contributed by atoms with Crippen LogP contribution in [0.1, 0.15) is 323 Å². The Morgan fingerprint density at radius 3 is 0.861 bits per heavy atom. The summed E-state index contributed by atoms with van der Waals surface area (Å²) in [7, 11) is 0. The van der Waals surface area contributed by atoms with Gasteiger partial charge in [0.1, 0.15) is 13.2 Å². The normalized spacial score (nSPS) is 12.4. The molecule has 0 aliphatic carbocycles. The summed E-state index contributed by atoms with van der Waals surface area (Å²) in [6.45, 7) is 6.55. The van der Waals surface area contributed by atoms with Gasteiger partial charge in [0.2, 0.25) is 0 Å². The molecular formula is C66H118O6. The summed E-state index contributed by atoms with van der Waals surface area (Å²) in [4.78, 5) is 38.2. The molecule has 0 N–H and O–H groups in total. The lowest BCUT2D eigenvalue weighted by Crippen LogP contribution is -2.30. The lowest BCUT2D eigenvalue weighted by Gasteiger charge is -2.18. The summed E-state index contributed by atoms with van der Waals surface area (Å²) in [5.41, 5.74) is 0. The predicted molar refractivity (Wildman–Crippen MR) is 312 cm³/mol. The standard InChI is InChI=1S/C66H118O6/c1-4-7-10-13-16-19-22-24-26-28-30-32-33-35-36-38-40-42-44-47-50-53-56-59-65(68)71-62-63(61-70-64(67)58-55-52-49-46-21-18-15-12-9-6-3)72-66(69)60-57-54-51-48-45-43-41-39-37-34-31-29-27-25-23-20-17-14-11-8-5-2/h8,11,17,20,25,27-28,30-31,34,63H,4-7,9-10,12-16,18-19,21-24,26,29,32-33,35-62H2,1-3H3/b11-8-,20-17-,27-25-,30-28-,34-31-. The molecule has 0 aromatic rings. The number of unbranched alkanes of at least 4 members (excludes halogenated alkanes) is 36. The molecule has 0 heterocycles. The Bertz CT molecular complexity index is 1290. The van der Waals surface area contributed by atoms with Gasteiger partial charge in [-0.15, -0.1) is 0 Å². The Kier molecular flexibility index (Phi) is 58.2. The van der Waals surface area contributed by atoms with E-state index in [1.807, 2.05) is 0 Å². The number of hydrogen-bond acceptors (Lipinski definition) is 6. The third-order valence-electron chi connectivity index (χ3n) is 13.8. The number of rotatable bonds is 57. The molecule has 0 radical (unpaired) electrons. The molecule has 72 heavy (non-hydrogen) atoms. The SMILES string of the molecule is CC/C=C\C/C=C\C/C=C\C/C=C\CCCCCCCCCCC(=O)OC(COC(=O)CCCCCCCCCCCC)COC(=O)CCCCCCCCCCCCC/C=C\CCCCCCCCCC. The van der Waals surface area contributed by atoms with Crippen molar-refractivity contribution in [3.63, 3.8) is 0 Å². The highest BCUT2D eigenvalue weighted by molar-refractivity contribution is 5.71. The molecule has 0 aromatic carbocycles. The second-order valence-electron chi connectivity index (χ2n) is 20.9. The quantitative estimate of drug-likeness (QED) is 0.0261. The van der Waals surface area contributed by atoms with Crippen molar-refractivity contribution < 1.29 is 28.6 Å². The van der Waals surface area contributed by atoms with Gasteiger partial charge in [-0.05, 0) is 83.5 Å². The summed E-state index contributed by atoms with van der Waals surface area (Å²) in [5.74, 6) is -0.870. The largest absolute Gasteiger partial charge is 0.462 e. The van der Waals surface area contributed by atoms with Crippen LogP contribution in [0.3, 0.4) is 0 Å². The van der Waals surface area contributed by atoms with Crippen LogP contribution in [0.5, 0.6) is 0 Å². The van der Waals surface area contributed by atoms with Crippen LogP contribution in [-0.2, 0) is 28.6 Å². The molecule has 1 atom stereocenters. The van der Waals surface area contributed by atoms with E-state index >= 15 is 0 Å². The molecule has 1 unspecified atom stereocenters. The zero-order valence-electron chi connectivity index (χ0n) is 47.9. The first-order valence-corrected chi connectivity index (χ1v) is 31.3. The maximum atomic E-state index is 12.9. The summed E-state index contributed by atoms with van der Waals surface area (Å²) in [6, 6.07) is 0. The van der Waals surface area contributed by atoms with Gasteiger partial charge in [-0.3, -0.25) is 14.4 Å². The van der Waals surface area contributed by atoms with Crippen molar-refractivity contribution in [3.05, 3.63) is 60.8 Å². The molecule has 0 rings (SSSR count). The number of carbonyl (C=O) groups is 3. The number of esters is 3. The second-order valence-corrected chi connectivity index (χ2v) is 20.9. The van der Waals surface area contributed by atoms with Crippen LogP contribution in [0.2, 0.25) is 0 Å². The van der Waals surface area contributed by atoms with Crippen molar-refractivity contribution >= 4 is 17.9 Å². The second kappa shape index (κ2) is 60.7. The van der Waals surface area contributed by atoms with Gasteiger partial charge in [-0.25, -0.2) is 0 Å². The van der Waals surface area contributed by atoms with Crippen LogP contribution in [0, 0.1) is 0 Å². The van der Waals surface area contributed by atoms with Crippen LogP contribution >= 0.6 is 0 Å². The van der Waals surface area contributed by atoms with Crippen LogP contribution in [-0.4, -0.2) is 37.2 Å². The van der Waals surface area contributed by atoms with E-state index in [1.54, 1.807) is 0 Å². The van der Waals surface area contributed by atoms with E-state index in [9.17, 15) is 14.4 Å². The van der Waals surface area contributed by atoms with Crippen molar-refractivity contribution in [3.8, 4) is 0 Å². The van der Waals surface area contributed by atoms with E-state index in [-0.39, 0.29) is 31.1 Å². The molecule has 0 spiro atoms. The van der Waals surface area contributed by atoms with Gasteiger partial charge in [0.15, 0.2) is 6.10 Å². The molecule has 0 fully saturated rings. The third-order valence-corrected chi connectivity index (χ3v) is 13.8. The molecule has 418 valence electrons. The Morgan fingerprint density at radius 2 is 0.542 bits per heavy atom. The van der Waals surface area contributed by atoms with Crippen LogP contribution in [0.15, 0.2) is 60.8 Å². The molecule has 0 saturated heterocycles. The topological polar surface area (TPSA) is 78.9 Å². The fourth-order valence-corrected chi connectivity index (χ4v) is 9.08. The van der Waals surface area contributed by atoms with Gasteiger partial charge in [0, 0.05) is 19.3 Å². The average molecular weight is 1010 g/mol. The number of hydrogen-bond donors (Lipinski definition) is 0. The molecular weight excluding hydrogens is 889 g/mol. The highest BCUT2D eigenvalue weighted by Crippen LogP contribution is 2.17. The van der Waals surface area contributed by atoms with Crippen molar-refractivity contribution in [2.45, 2.75) is 329 Å². The monoisotopic (exact) mass is 1010 g/mol. The highest BCUT2D eigenvalue weighted by atomic mass is 16.6. The fraction of sp³-hybridized carbons (Fsp3) is 0.803. The third kappa shape index (κ3) is 58.0. The molecule has 0 amide bonds. The molecule has 0 aromatic heterocycles. The lowest BCUT2D eigenvalue weighted by atomic mass is 10.0. The highest BCUT2D eigenvalue weighted by Gasteiger charge is 2.19. The zero-order valence-corrected chi connectivity index (χ0v) is 47.9. The smallest absolute Gasteiger partial charge is 0.306 e. The summed E-state index contributed by atoms with van der Waals surface area (Å²) < 4.78 is 16.9. The van der Waals surface area contributed by atoms with E-state index < -0.39 is 6.10 Å². The molecule has 0 aliphatic rings. The Labute approximate surface area is 447 Å². The average Bonchev–Trinajstić information content (AvgIpc) is 3.38. The van der Waals surface area contributed by atoms with Gasteiger partial charge in [0.25, 0.3) is 0 Å². The van der Waals surface area contributed by atoms with Crippen LogP contribution in [0.25, 0.3) is 0 Å². The summed E-state index contributed by atoms with van der Waals surface area (Å²) in [6.07, 6.45) is 76.6. The predicted octanol–water partition coefficient (Wildman–Crippen LogP) is 21.2. The van der Waals surface area contributed by atoms with Gasteiger partial charge in [-0.2, -0.15) is 0 Å². The van der Waals surface area contributed by atoms with E-state index in [0.717, 1.165) is 89.9 Å². The van der Waals surface area contributed by atoms with Gasteiger partial charge in [0.05, 0.1) is 0 Å². The van der Waals surface area contributed by atoms with Gasteiger partial charge in [-0.1, -0.05) is 281 Å². The molecule has 0 bridgehead atoms. The Balaban J connectivity index is 4.25. The maximum Gasteiger partial charge on any atom is 0.306 e. The fourth-order valence-electron chi connectivity index (χ4n) is 9.08. The minimum atomic E-state index is -0.777. The minimum absolute atomic E-state index is 0.0747. The van der Waals surface area contributed by atoms with Crippen LogP contribution in [0.4, 0.5) is 0 Å². The van der Waals surface area contributed by atoms with Crippen molar-refractivity contribution in [2.75, 3.05) is 13.2 Å². The van der Waals surface area contributed by atoms with E-state index in [2.05, 4.69) is 81.5 Å². The lowest BCUT2D eigenvalue weighted by molar-refractivity contribution is -0.167.